The van der Waals surface area contributed by atoms with Gasteiger partial charge in [-0.25, -0.2) is 0 Å². The van der Waals surface area contributed by atoms with Crippen LogP contribution in [0, 0.1) is 6.92 Å². The van der Waals surface area contributed by atoms with Crippen molar-refractivity contribution in [2.45, 2.75) is 25.1 Å². The van der Waals surface area contributed by atoms with E-state index in [1.165, 1.54) is 11.1 Å². The first-order chi connectivity index (χ1) is 8.22. The van der Waals surface area contributed by atoms with Crippen LogP contribution in [0.5, 0.6) is 0 Å². The lowest BCUT2D eigenvalue weighted by Crippen LogP contribution is -2.03. The Bertz CT molecular complexity index is 505. The molecule has 1 aromatic carbocycles. The average Bonchev–Trinajstić information content (AvgIpc) is 2.69. The summed E-state index contributed by atoms with van der Waals surface area (Å²) in [5.74, 6) is 2.02. The van der Waals surface area contributed by atoms with Gasteiger partial charge in [-0.3, -0.25) is 0 Å². The Balaban J connectivity index is 2.07. The fraction of sp³-hybridized carbons (Fsp3) is 0.385. The summed E-state index contributed by atoms with van der Waals surface area (Å²) in [6.07, 6.45) is 1.95. The van der Waals surface area contributed by atoms with Crippen LogP contribution in [0.2, 0.25) is 0 Å². The number of aryl methyl sites for hydroxylation is 3. The van der Waals surface area contributed by atoms with E-state index >= 15 is 0 Å². The van der Waals surface area contributed by atoms with Crippen molar-refractivity contribution in [1.29, 1.82) is 0 Å². The smallest absolute Gasteiger partial charge is 0.143 e. The Morgan fingerprint density at radius 2 is 1.82 bits per heavy atom. The molecule has 0 amide bonds. The molecule has 0 atom stereocenters. The van der Waals surface area contributed by atoms with E-state index in [9.17, 15) is 0 Å². The number of hydrogen-bond donors (Lipinski definition) is 0. The van der Waals surface area contributed by atoms with Gasteiger partial charge >= 0.3 is 0 Å². The van der Waals surface area contributed by atoms with E-state index in [0.717, 1.165) is 29.8 Å². The molecule has 0 fully saturated rings. The van der Waals surface area contributed by atoms with Crippen molar-refractivity contribution >= 4 is 15.9 Å². The first kappa shape index (κ1) is 12.3. The van der Waals surface area contributed by atoms with Gasteiger partial charge in [0, 0.05) is 13.5 Å². The predicted molar refractivity (Wildman–Crippen MR) is 72.2 cm³/mol. The lowest BCUT2D eigenvalue weighted by atomic mass is 10.0. The standard InChI is InChI=1S/C13H16BrN3/c1-10-5-3-4-6-11(10)7-8-12-15-16-13(9-14)17(12)2/h3-6H,7-9H2,1-2H3. The first-order valence-electron chi connectivity index (χ1n) is 5.70. The van der Waals surface area contributed by atoms with Crippen LogP contribution >= 0.6 is 15.9 Å². The molecule has 0 saturated carbocycles. The zero-order valence-electron chi connectivity index (χ0n) is 10.2. The summed E-state index contributed by atoms with van der Waals surface area (Å²) < 4.78 is 2.06. The fourth-order valence-electron chi connectivity index (χ4n) is 1.87. The molecule has 0 bridgehead atoms. The monoisotopic (exact) mass is 293 g/mol. The van der Waals surface area contributed by atoms with Gasteiger partial charge < -0.3 is 4.57 Å². The molecule has 0 aliphatic rings. The van der Waals surface area contributed by atoms with Gasteiger partial charge in [0.1, 0.15) is 11.6 Å². The highest BCUT2D eigenvalue weighted by Gasteiger charge is 2.07. The Labute approximate surface area is 110 Å². The maximum absolute atomic E-state index is 4.21. The zero-order valence-corrected chi connectivity index (χ0v) is 11.7. The molecular weight excluding hydrogens is 278 g/mol. The van der Waals surface area contributed by atoms with Gasteiger partial charge in [0.15, 0.2) is 0 Å². The molecule has 1 aromatic heterocycles. The van der Waals surface area contributed by atoms with E-state index in [1.54, 1.807) is 0 Å². The van der Waals surface area contributed by atoms with E-state index in [2.05, 4.69) is 61.9 Å². The molecule has 1 heterocycles. The van der Waals surface area contributed by atoms with Gasteiger partial charge in [0.05, 0.1) is 5.33 Å². The summed E-state index contributed by atoms with van der Waals surface area (Å²) >= 11 is 3.41. The molecule has 3 nitrogen and oxygen atoms in total. The molecule has 0 radical (unpaired) electrons. The predicted octanol–water partition coefficient (Wildman–Crippen LogP) is 2.80. The average molecular weight is 294 g/mol. The van der Waals surface area contributed by atoms with Crippen molar-refractivity contribution in [2.75, 3.05) is 0 Å². The summed E-state index contributed by atoms with van der Waals surface area (Å²) in [6.45, 7) is 2.15. The van der Waals surface area contributed by atoms with Gasteiger partial charge in [0.25, 0.3) is 0 Å². The molecule has 4 heteroatoms. The summed E-state index contributed by atoms with van der Waals surface area (Å²) in [5.41, 5.74) is 2.73. The molecule has 0 aliphatic heterocycles. The van der Waals surface area contributed by atoms with Crippen molar-refractivity contribution < 1.29 is 0 Å². The third-order valence-corrected chi connectivity index (χ3v) is 3.56. The second-order valence-corrected chi connectivity index (χ2v) is 4.71. The lowest BCUT2D eigenvalue weighted by molar-refractivity contribution is 0.752. The highest BCUT2D eigenvalue weighted by atomic mass is 79.9. The molecular formula is C13H16BrN3. The van der Waals surface area contributed by atoms with E-state index in [-0.39, 0.29) is 0 Å². The summed E-state index contributed by atoms with van der Waals surface area (Å²) in [5, 5.41) is 9.10. The van der Waals surface area contributed by atoms with Crippen molar-refractivity contribution in [3.8, 4) is 0 Å². The normalized spacial score (nSPS) is 10.8. The van der Waals surface area contributed by atoms with E-state index in [0.29, 0.717) is 0 Å². The number of hydrogen-bond acceptors (Lipinski definition) is 2. The molecule has 90 valence electrons. The maximum Gasteiger partial charge on any atom is 0.143 e. The summed E-state index contributed by atoms with van der Waals surface area (Å²) in [6, 6.07) is 8.49. The van der Waals surface area contributed by atoms with Crippen LogP contribution in [0.15, 0.2) is 24.3 Å². The minimum atomic E-state index is 0.751. The molecule has 0 saturated heterocycles. The van der Waals surface area contributed by atoms with Crippen LogP contribution in [0.4, 0.5) is 0 Å². The maximum atomic E-state index is 4.21. The fourth-order valence-corrected chi connectivity index (χ4v) is 2.36. The molecule has 0 aliphatic carbocycles. The second-order valence-electron chi connectivity index (χ2n) is 4.15. The lowest BCUT2D eigenvalue weighted by Gasteiger charge is -2.05. The van der Waals surface area contributed by atoms with Crippen molar-refractivity contribution in [3.63, 3.8) is 0 Å². The summed E-state index contributed by atoms with van der Waals surface area (Å²) in [7, 11) is 2.02. The zero-order chi connectivity index (χ0) is 12.3. The third-order valence-electron chi connectivity index (χ3n) is 3.05. The minimum Gasteiger partial charge on any atom is -0.317 e. The van der Waals surface area contributed by atoms with E-state index < -0.39 is 0 Å². The number of alkyl halides is 1. The largest absolute Gasteiger partial charge is 0.317 e. The van der Waals surface area contributed by atoms with Gasteiger partial charge in [-0.2, -0.15) is 0 Å². The highest BCUT2D eigenvalue weighted by molar-refractivity contribution is 9.08. The Morgan fingerprint density at radius 3 is 2.47 bits per heavy atom. The summed E-state index contributed by atoms with van der Waals surface area (Å²) in [4.78, 5) is 0. The number of halogens is 1. The van der Waals surface area contributed by atoms with Crippen LogP contribution in [-0.4, -0.2) is 14.8 Å². The topological polar surface area (TPSA) is 30.7 Å². The van der Waals surface area contributed by atoms with Gasteiger partial charge in [-0.15, -0.1) is 10.2 Å². The first-order valence-corrected chi connectivity index (χ1v) is 6.82. The van der Waals surface area contributed by atoms with Crippen LogP contribution in [0.25, 0.3) is 0 Å². The Hall–Kier alpha value is -1.16. The van der Waals surface area contributed by atoms with Crippen molar-refractivity contribution in [2.24, 2.45) is 7.05 Å². The van der Waals surface area contributed by atoms with E-state index in [1.807, 2.05) is 7.05 Å². The molecule has 0 N–H and O–H groups in total. The number of rotatable bonds is 4. The molecule has 2 aromatic rings. The second kappa shape index (κ2) is 5.45. The Kier molecular flexibility index (Phi) is 3.94. The number of nitrogens with zero attached hydrogens (tertiary/aromatic N) is 3. The van der Waals surface area contributed by atoms with Crippen LogP contribution in [-0.2, 0) is 25.2 Å². The quantitative estimate of drug-likeness (QED) is 0.812. The molecule has 0 spiro atoms. The molecule has 0 unspecified atom stereocenters. The Morgan fingerprint density at radius 1 is 1.12 bits per heavy atom. The van der Waals surface area contributed by atoms with E-state index in [4.69, 9.17) is 0 Å². The molecule has 2 rings (SSSR count). The molecule has 17 heavy (non-hydrogen) atoms. The number of aromatic nitrogens is 3. The van der Waals surface area contributed by atoms with Crippen LogP contribution in [0.3, 0.4) is 0 Å². The van der Waals surface area contributed by atoms with Crippen LogP contribution in [0.1, 0.15) is 22.8 Å². The highest BCUT2D eigenvalue weighted by Crippen LogP contribution is 2.11. The van der Waals surface area contributed by atoms with Gasteiger partial charge in [0.2, 0.25) is 0 Å². The van der Waals surface area contributed by atoms with Crippen molar-refractivity contribution in [1.82, 2.24) is 14.8 Å². The van der Waals surface area contributed by atoms with Crippen LogP contribution < -0.4 is 0 Å². The number of benzene rings is 1. The van der Waals surface area contributed by atoms with Crippen molar-refractivity contribution in [3.05, 3.63) is 47.0 Å². The minimum absolute atomic E-state index is 0.751. The third kappa shape index (κ3) is 2.75. The SMILES string of the molecule is Cc1ccccc1CCc1nnc(CBr)n1C. The van der Waals surface area contributed by atoms with Gasteiger partial charge in [-0.1, -0.05) is 40.2 Å². The van der Waals surface area contributed by atoms with Gasteiger partial charge in [-0.05, 0) is 24.5 Å².